The van der Waals surface area contributed by atoms with Gasteiger partial charge < -0.3 is 10.2 Å². The number of hydrogen-bond acceptors (Lipinski definition) is 4. The third-order valence-corrected chi connectivity index (χ3v) is 6.66. The van der Waals surface area contributed by atoms with E-state index in [4.69, 9.17) is 11.6 Å². The second-order valence-corrected chi connectivity index (χ2v) is 8.91. The van der Waals surface area contributed by atoms with E-state index in [9.17, 15) is 14.0 Å². The van der Waals surface area contributed by atoms with Gasteiger partial charge in [0.15, 0.2) is 11.6 Å². The molecule has 1 saturated heterocycles. The Bertz CT molecular complexity index is 1500. The Morgan fingerprint density at radius 1 is 1.32 bits per heavy atom. The van der Waals surface area contributed by atoms with E-state index in [1.165, 1.54) is 9.80 Å². The van der Waals surface area contributed by atoms with Crippen molar-refractivity contribution in [1.29, 1.82) is 0 Å². The second kappa shape index (κ2) is 7.39. The lowest BCUT2D eigenvalue weighted by atomic mass is 10.0. The monoisotopic (exact) mass is 485 g/mol. The molecule has 2 atom stereocenters. The maximum atomic E-state index is 15.6. The van der Waals surface area contributed by atoms with Crippen LogP contribution in [0.5, 0.6) is 0 Å². The van der Waals surface area contributed by atoms with Crippen LogP contribution >= 0.6 is 11.6 Å². The molecule has 1 aromatic carbocycles. The Morgan fingerprint density at radius 2 is 2.12 bits per heavy atom. The third kappa shape index (κ3) is 3.11. The first kappa shape index (κ1) is 20.8. The Balaban J connectivity index is 1.43. The minimum atomic E-state index is -1.10. The number of nitrogens with zero attached hydrogens (tertiary/aromatic N) is 5. The molecule has 2 aliphatic rings. The molecule has 1 saturated carbocycles. The summed E-state index contributed by atoms with van der Waals surface area (Å²) in [7, 11) is 1.65. The quantitative estimate of drug-likeness (QED) is 0.459. The molecule has 3 aromatic heterocycles. The molecule has 12 heteroatoms. The van der Waals surface area contributed by atoms with Crippen molar-refractivity contribution in [3.8, 4) is 11.1 Å². The summed E-state index contributed by atoms with van der Waals surface area (Å²) >= 11 is 6.53. The molecule has 0 radical (unpaired) electrons. The van der Waals surface area contributed by atoms with E-state index in [2.05, 4.69) is 20.6 Å². The second-order valence-electron chi connectivity index (χ2n) is 8.53. The van der Waals surface area contributed by atoms with Gasteiger partial charge in [-0.15, -0.1) is 0 Å². The fourth-order valence-corrected chi connectivity index (χ4v) is 4.65. The van der Waals surface area contributed by atoms with Crippen molar-refractivity contribution >= 4 is 51.5 Å². The molecule has 4 aromatic rings. The Labute approximate surface area is 196 Å². The van der Waals surface area contributed by atoms with Crippen LogP contribution in [0.2, 0.25) is 5.02 Å². The number of halogens is 3. The Kier molecular flexibility index (Phi) is 4.53. The molecule has 0 unspecified atom stereocenters. The van der Waals surface area contributed by atoms with E-state index in [0.717, 1.165) is 0 Å². The Hall–Kier alpha value is -3.73. The molecule has 1 aliphatic heterocycles. The highest BCUT2D eigenvalue weighted by Gasteiger charge is 2.43. The fourth-order valence-electron chi connectivity index (χ4n) is 4.35. The van der Waals surface area contributed by atoms with Crippen molar-refractivity contribution in [2.45, 2.75) is 12.6 Å². The van der Waals surface area contributed by atoms with Crippen LogP contribution in [-0.4, -0.2) is 63.0 Å². The van der Waals surface area contributed by atoms with Crippen LogP contribution in [0, 0.1) is 11.7 Å². The molecular weight excluding hydrogens is 468 g/mol. The van der Waals surface area contributed by atoms with E-state index >= 15 is 4.39 Å². The molecule has 1 aliphatic carbocycles. The van der Waals surface area contributed by atoms with Crippen molar-refractivity contribution in [1.82, 2.24) is 24.7 Å². The number of H-pyrrole nitrogens is 1. The van der Waals surface area contributed by atoms with E-state index in [-0.39, 0.29) is 23.2 Å². The number of rotatable bonds is 4. The topological polar surface area (TPSA) is 98.6 Å². The van der Waals surface area contributed by atoms with Crippen LogP contribution in [0.3, 0.4) is 0 Å². The highest BCUT2D eigenvalue weighted by molar-refractivity contribution is 6.36. The minimum Gasteiger partial charge on any atom is -0.326 e. The predicted octanol–water partition coefficient (Wildman–Crippen LogP) is 3.84. The molecule has 34 heavy (non-hydrogen) atoms. The summed E-state index contributed by atoms with van der Waals surface area (Å²) in [5.41, 5.74) is 2.07. The number of amides is 3. The molecule has 2 N–H and O–H groups in total. The maximum absolute atomic E-state index is 15.6. The average Bonchev–Trinajstić information content (AvgIpc) is 3.12. The van der Waals surface area contributed by atoms with Crippen LogP contribution in [-0.2, 0) is 4.79 Å². The summed E-state index contributed by atoms with van der Waals surface area (Å²) in [4.78, 5) is 27.4. The van der Waals surface area contributed by atoms with Crippen molar-refractivity contribution in [2.75, 3.05) is 30.4 Å². The van der Waals surface area contributed by atoms with Gasteiger partial charge in [-0.25, -0.2) is 18.1 Å². The summed E-state index contributed by atoms with van der Waals surface area (Å²) < 4.78 is 30.3. The molecular formula is C22H18ClF2N7O2. The van der Waals surface area contributed by atoms with Gasteiger partial charge in [-0.05, 0) is 24.1 Å². The number of anilines is 2. The third-order valence-electron chi connectivity index (χ3n) is 6.30. The number of urea groups is 1. The van der Waals surface area contributed by atoms with Gasteiger partial charge in [0.1, 0.15) is 11.9 Å². The van der Waals surface area contributed by atoms with Gasteiger partial charge in [0.2, 0.25) is 5.91 Å². The van der Waals surface area contributed by atoms with E-state index in [0.29, 0.717) is 46.5 Å². The minimum absolute atomic E-state index is 0.0669. The highest BCUT2D eigenvalue weighted by atomic mass is 35.5. The number of aromatic nitrogens is 4. The lowest BCUT2D eigenvalue weighted by molar-refractivity contribution is -0.117. The van der Waals surface area contributed by atoms with Gasteiger partial charge in [-0.1, -0.05) is 11.6 Å². The molecule has 2 fully saturated rings. The van der Waals surface area contributed by atoms with Gasteiger partial charge >= 0.3 is 6.03 Å². The zero-order valence-electron chi connectivity index (χ0n) is 17.8. The van der Waals surface area contributed by atoms with Crippen LogP contribution in [0.15, 0.2) is 30.6 Å². The van der Waals surface area contributed by atoms with E-state index in [1.807, 2.05) is 0 Å². The number of fused-ring (bicyclic) bond motifs is 2. The van der Waals surface area contributed by atoms with Crippen molar-refractivity contribution in [3.63, 3.8) is 0 Å². The predicted molar refractivity (Wildman–Crippen MR) is 122 cm³/mol. The lowest BCUT2D eigenvalue weighted by Crippen LogP contribution is -2.30. The summed E-state index contributed by atoms with van der Waals surface area (Å²) in [6.45, 7) is 0.799. The van der Waals surface area contributed by atoms with Crippen LogP contribution in [0.1, 0.15) is 6.42 Å². The molecule has 3 amide bonds. The first-order valence-corrected chi connectivity index (χ1v) is 11.0. The number of pyridine rings is 1. The number of carbonyl (C=O) groups is 2. The van der Waals surface area contributed by atoms with E-state index in [1.54, 1.807) is 42.2 Å². The molecule has 4 heterocycles. The van der Waals surface area contributed by atoms with Crippen molar-refractivity contribution in [2.24, 2.45) is 5.92 Å². The molecule has 6 rings (SSSR count). The average molecular weight is 486 g/mol. The number of hydrogen-bond donors (Lipinski definition) is 2. The van der Waals surface area contributed by atoms with Crippen LogP contribution < -0.4 is 10.2 Å². The first-order chi connectivity index (χ1) is 16.3. The van der Waals surface area contributed by atoms with Crippen LogP contribution in [0.4, 0.5) is 25.1 Å². The number of aromatic amines is 1. The smallest absolute Gasteiger partial charge is 0.324 e. The van der Waals surface area contributed by atoms with Gasteiger partial charge in [0.05, 0.1) is 28.2 Å². The number of nitrogens with one attached hydrogen (secondary N) is 2. The largest absolute Gasteiger partial charge is 0.326 e. The van der Waals surface area contributed by atoms with Gasteiger partial charge in [-0.2, -0.15) is 10.2 Å². The SMILES string of the molecule is CN1CCN(c2c(F)c(Cl)c(-c3ccn4nc(NC(=O)[C@@H]5C[C@@H]5F)cc4c3)c3cn[nH]c23)C1=O. The summed E-state index contributed by atoms with van der Waals surface area (Å²) in [6, 6.07) is 4.78. The summed E-state index contributed by atoms with van der Waals surface area (Å²) in [5, 5.41) is 14.2. The van der Waals surface area contributed by atoms with E-state index < -0.39 is 23.8 Å². The lowest BCUT2D eigenvalue weighted by Gasteiger charge is -2.20. The number of benzene rings is 1. The molecule has 9 nitrogen and oxygen atoms in total. The van der Waals surface area contributed by atoms with Gasteiger partial charge in [0.25, 0.3) is 0 Å². The number of likely N-dealkylation sites (N-methyl/N-ethyl adjacent to an activating group) is 1. The highest BCUT2D eigenvalue weighted by Crippen LogP contribution is 2.43. The Morgan fingerprint density at radius 3 is 2.82 bits per heavy atom. The number of alkyl halides is 1. The van der Waals surface area contributed by atoms with Gasteiger partial charge in [-0.3, -0.25) is 14.8 Å². The normalized spacial score (nSPS) is 20.1. The van der Waals surface area contributed by atoms with Crippen LogP contribution in [0.25, 0.3) is 27.5 Å². The zero-order valence-corrected chi connectivity index (χ0v) is 18.6. The van der Waals surface area contributed by atoms with Crippen molar-refractivity contribution in [3.05, 3.63) is 41.4 Å². The van der Waals surface area contributed by atoms with Gasteiger partial charge in [0, 0.05) is 43.4 Å². The standard InChI is InChI=1S/C22H18ClF2N7O2/c1-30-4-5-31(22(30)34)20-18(25)17(23)16(13-9-26-28-19(13)20)10-2-3-32-11(6-10)7-15(29-32)27-21(33)12-8-14(12)24/h2-3,6-7,9,12,14H,4-5,8H2,1H3,(H,26,28)(H,27,29,33)/t12-,14+/m1/s1. The summed E-state index contributed by atoms with van der Waals surface area (Å²) in [5.74, 6) is -1.46. The molecule has 0 bridgehead atoms. The molecule has 174 valence electrons. The first-order valence-electron chi connectivity index (χ1n) is 10.6. The fraction of sp³-hybridized carbons (Fsp3) is 0.273. The maximum Gasteiger partial charge on any atom is 0.324 e. The van der Waals surface area contributed by atoms with Crippen molar-refractivity contribution < 1.29 is 18.4 Å². The summed E-state index contributed by atoms with van der Waals surface area (Å²) in [6.07, 6.45) is 2.32. The molecule has 0 spiro atoms. The number of carbonyl (C=O) groups excluding carboxylic acids is 2. The zero-order chi connectivity index (χ0) is 23.7.